The maximum atomic E-state index is 10.4. The highest BCUT2D eigenvalue weighted by Crippen LogP contribution is 2.09. The number of carbonyl (C=O) groups excluding carboxylic acids is 1. The number of rotatable bonds is 1. The van der Waals surface area contributed by atoms with Crippen LogP contribution in [0.15, 0.2) is 0 Å². The van der Waals surface area contributed by atoms with Crippen LogP contribution >= 0.6 is 0 Å². The van der Waals surface area contributed by atoms with E-state index < -0.39 is 6.10 Å². The molecule has 0 saturated carbocycles. The van der Waals surface area contributed by atoms with Crippen molar-refractivity contribution in [3.63, 3.8) is 0 Å². The number of β-lactam (4-membered cyclic amide) rings is 1. The van der Waals surface area contributed by atoms with Crippen LogP contribution in [-0.2, 0) is 4.79 Å². The molecule has 0 aliphatic carbocycles. The van der Waals surface area contributed by atoms with Gasteiger partial charge in [0, 0.05) is 6.54 Å². The number of carbonyl (C=O) groups is 1. The Morgan fingerprint density at radius 2 is 2.62 bits per heavy atom. The highest BCUT2D eigenvalue weighted by Gasteiger charge is 2.31. The number of aliphatic hydroxyl groups excluding tert-OH is 1. The van der Waals surface area contributed by atoms with E-state index in [4.69, 9.17) is 5.11 Å². The lowest BCUT2D eigenvalue weighted by atomic mass is 9.97. The molecule has 0 radical (unpaired) electrons. The second kappa shape index (κ2) is 1.74. The lowest BCUT2D eigenvalue weighted by Gasteiger charge is -2.27. The molecule has 1 aliphatic heterocycles. The molecular weight excluding hydrogens is 106 g/mol. The van der Waals surface area contributed by atoms with Crippen molar-refractivity contribution in [3.05, 3.63) is 0 Å². The standard InChI is InChI=1S/C5H9NO2/c1-3(7)4-2-6-5(4)8/h3-4,7H,2H2,1H3,(H,6,8)/t3-,4+/m1/s1. The van der Waals surface area contributed by atoms with Crippen molar-refractivity contribution in [2.45, 2.75) is 13.0 Å². The Labute approximate surface area is 47.7 Å². The topological polar surface area (TPSA) is 49.3 Å². The number of aliphatic hydroxyl groups is 1. The van der Waals surface area contributed by atoms with E-state index in [-0.39, 0.29) is 11.8 Å². The van der Waals surface area contributed by atoms with Gasteiger partial charge in [-0.2, -0.15) is 0 Å². The predicted octanol–water partition coefficient (Wildman–Crippen LogP) is -0.887. The predicted molar refractivity (Wildman–Crippen MR) is 28.2 cm³/mol. The van der Waals surface area contributed by atoms with E-state index in [0.29, 0.717) is 6.54 Å². The van der Waals surface area contributed by atoms with Crippen molar-refractivity contribution in [1.82, 2.24) is 5.32 Å². The first-order chi connectivity index (χ1) is 3.72. The molecule has 1 fully saturated rings. The van der Waals surface area contributed by atoms with Crippen LogP contribution in [0.25, 0.3) is 0 Å². The molecule has 0 unspecified atom stereocenters. The summed E-state index contributed by atoms with van der Waals surface area (Å²) in [6.45, 7) is 2.26. The molecule has 1 aliphatic rings. The first-order valence-electron chi connectivity index (χ1n) is 2.67. The minimum Gasteiger partial charge on any atom is -0.393 e. The third kappa shape index (κ3) is 0.690. The molecule has 1 amide bonds. The summed E-state index contributed by atoms with van der Waals surface area (Å²) in [7, 11) is 0. The molecule has 8 heavy (non-hydrogen) atoms. The molecule has 3 nitrogen and oxygen atoms in total. The van der Waals surface area contributed by atoms with Gasteiger partial charge in [0.15, 0.2) is 0 Å². The van der Waals surface area contributed by atoms with Gasteiger partial charge in [0.1, 0.15) is 0 Å². The zero-order valence-corrected chi connectivity index (χ0v) is 4.72. The van der Waals surface area contributed by atoms with Crippen LogP contribution in [0.2, 0.25) is 0 Å². The average Bonchev–Trinajstić information content (AvgIpc) is 1.61. The fraction of sp³-hybridized carbons (Fsp3) is 0.800. The Morgan fingerprint density at radius 1 is 2.00 bits per heavy atom. The smallest absolute Gasteiger partial charge is 0.227 e. The number of hydrogen-bond donors (Lipinski definition) is 2. The normalized spacial score (nSPS) is 30.8. The minimum atomic E-state index is -0.483. The van der Waals surface area contributed by atoms with E-state index in [0.717, 1.165) is 0 Å². The van der Waals surface area contributed by atoms with Gasteiger partial charge in [0.2, 0.25) is 5.91 Å². The van der Waals surface area contributed by atoms with E-state index in [1.165, 1.54) is 0 Å². The molecule has 0 aromatic rings. The summed E-state index contributed by atoms with van der Waals surface area (Å²) in [5.74, 6) is -0.171. The van der Waals surface area contributed by atoms with Gasteiger partial charge < -0.3 is 10.4 Å². The SMILES string of the molecule is C[C@@H](O)[C@@H]1CNC1=O. The Kier molecular flexibility index (Phi) is 1.21. The highest BCUT2D eigenvalue weighted by atomic mass is 16.3. The van der Waals surface area contributed by atoms with Crippen molar-refractivity contribution in [2.75, 3.05) is 6.54 Å². The summed E-state index contributed by atoms with van der Waals surface area (Å²) in [4.78, 5) is 10.4. The van der Waals surface area contributed by atoms with Gasteiger partial charge >= 0.3 is 0 Å². The summed E-state index contributed by atoms with van der Waals surface area (Å²) in [5.41, 5.74) is 0. The third-order valence-corrected chi connectivity index (χ3v) is 1.42. The summed E-state index contributed by atoms with van der Waals surface area (Å²) in [5, 5.41) is 11.3. The van der Waals surface area contributed by atoms with E-state index in [1.54, 1.807) is 6.92 Å². The average molecular weight is 115 g/mol. The molecular formula is C5H9NO2. The van der Waals surface area contributed by atoms with Crippen LogP contribution in [0.5, 0.6) is 0 Å². The second-order valence-corrected chi connectivity index (χ2v) is 2.09. The molecule has 0 spiro atoms. The van der Waals surface area contributed by atoms with E-state index in [2.05, 4.69) is 5.32 Å². The van der Waals surface area contributed by atoms with Crippen molar-refractivity contribution in [3.8, 4) is 0 Å². The maximum Gasteiger partial charge on any atom is 0.227 e. The van der Waals surface area contributed by atoms with E-state index in [1.807, 2.05) is 0 Å². The van der Waals surface area contributed by atoms with Crippen molar-refractivity contribution >= 4 is 5.91 Å². The minimum absolute atomic E-state index is 0.0278. The molecule has 0 bridgehead atoms. The van der Waals surface area contributed by atoms with Gasteiger partial charge in [0.25, 0.3) is 0 Å². The van der Waals surface area contributed by atoms with Crippen molar-refractivity contribution < 1.29 is 9.90 Å². The Bertz CT molecular complexity index is 111. The number of amides is 1. The molecule has 1 heterocycles. The highest BCUT2D eigenvalue weighted by molar-refractivity contribution is 5.84. The molecule has 46 valence electrons. The summed E-state index contributed by atoms with van der Waals surface area (Å²) < 4.78 is 0. The second-order valence-electron chi connectivity index (χ2n) is 2.09. The molecule has 3 heteroatoms. The molecule has 2 N–H and O–H groups in total. The monoisotopic (exact) mass is 115 g/mol. The van der Waals surface area contributed by atoms with Crippen LogP contribution in [0.1, 0.15) is 6.92 Å². The fourth-order valence-electron chi connectivity index (χ4n) is 0.693. The van der Waals surface area contributed by atoms with Crippen molar-refractivity contribution in [1.29, 1.82) is 0 Å². The molecule has 2 atom stereocenters. The van der Waals surface area contributed by atoms with Crippen LogP contribution < -0.4 is 5.32 Å². The zero-order valence-electron chi connectivity index (χ0n) is 4.72. The van der Waals surface area contributed by atoms with Crippen LogP contribution in [0.3, 0.4) is 0 Å². The quantitative estimate of drug-likeness (QED) is 0.436. The third-order valence-electron chi connectivity index (χ3n) is 1.42. The van der Waals surface area contributed by atoms with Gasteiger partial charge in [-0.25, -0.2) is 0 Å². The van der Waals surface area contributed by atoms with Crippen LogP contribution in [0, 0.1) is 5.92 Å². The maximum absolute atomic E-state index is 10.4. The first-order valence-corrected chi connectivity index (χ1v) is 2.67. The van der Waals surface area contributed by atoms with Gasteiger partial charge in [-0.05, 0) is 6.92 Å². The Balaban J connectivity index is 2.37. The Morgan fingerprint density at radius 3 is 2.62 bits per heavy atom. The van der Waals surface area contributed by atoms with Gasteiger partial charge in [-0.1, -0.05) is 0 Å². The first kappa shape index (κ1) is 5.56. The van der Waals surface area contributed by atoms with Gasteiger partial charge in [-0.15, -0.1) is 0 Å². The molecule has 1 saturated heterocycles. The lowest BCUT2D eigenvalue weighted by molar-refractivity contribution is -0.135. The molecule has 1 rings (SSSR count). The zero-order chi connectivity index (χ0) is 6.15. The van der Waals surface area contributed by atoms with Crippen LogP contribution in [-0.4, -0.2) is 23.7 Å². The van der Waals surface area contributed by atoms with Crippen LogP contribution in [0.4, 0.5) is 0 Å². The van der Waals surface area contributed by atoms with Gasteiger partial charge in [-0.3, -0.25) is 4.79 Å². The lowest BCUT2D eigenvalue weighted by Crippen LogP contribution is -2.53. The number of nitrogens with one attached hydrogen (secondary N) is 1. The van der Waals surface area contributed by atoms with Crippen molar-refractivity contribution in [2.24, 2.45) is 5.92 Å². The summed E-state index contributed by atoms with van der Waals surface area (Å²) in [6.07, 6.45) is -0.483. The van der Waals surface area contributed by atoms with E-state index in [9.17, 15) is 4.79 Å². The summed E-state index contributed by atoms with van der Waals surface area (Å²) >= 11 is 0. The van der Waals surface area contributed by atoms with E-state index >= 15 is 0 Å². The number of hydrogen-bond acceptors (Lipinski definition) is 2. The Hall–Kier alpha value is -0.570. The summed E-state index contributed by atoms with van der Waals surface area (Å²) in [6, 6.07) is 0. The molecule has 0 aromatic heterocycles. The molecule has 0 aromatic carbocycles. The largest absolute Gasteiger partial charge is 0.393 e. The van der Waals surface area contributed by atoms with Gasteiger partial charge in [0.05, 0.1) is 12.0 Å². The fourth-order valence-corrected chi connectivity index (χ4v) is 0.693.